The molecular weight excluding hydrogens is 213 g/mol. The van der Waals surface area contributed by atoms with Crippen LogP contribution in [-0.2, 0) is 6.42 Å². The minimum absolute atomic E-state index is 0.190. The molecule has 0 bridgehead atoms. The Morgan fingerprint density at radius 1 is 1.47 bits per heavy atom. The second-order valence-electron chi connectivity index (χ2n) is 3.73. The molecular formula is C12H17ClFN. The number of hydrogen-bond donors (Lipinski definition) is 1. The van der Waals surface area contributed by atoms with Crippen LogP contribution in [0.5, 0.6) is 0 Å². The van der Waals surface area contributed by atoms with Crippen LogP contribution >= 0.6 is 11.6 Å². The van der Waals surface area contributed by atoms with Gasteiger partial charge in [0.2, 0.25) is 0 Å². The van der Waals surface area contributed by atoms with E-state index in [4.69, 9.17) is 11.6 Å². The molecule has 0 aliphatic heterocycles. The number of rotatable bonds is 5. The minimum Gasteiger partial charge on any atom is -0.317 e. The van der Waals surface area contributed by atoms with Crippen LogP contribution in [0.1, 0.15) is 25.3 Å². The number of hydrogen-bond acceptors (Lipinski definition) is 1. The van der Waals surface area contributed by atoms with E-state index in [1.807, 2.05) is 13.1 Å². The van der Waals surface area contributed by atoms with Gasteiger partial charge in [0, 0.05) is 6.04 Å². The molecule has 0 saturated carbocycles. The summed E-state index contributed by atoms with van der Waals surface area (Å²) >= 11 is 5.62. The number of nitrogens with one attached hydrogen (secondary N) is 1. The predicted molar refractivity (Wildman–Crippen MR) is 62.9 cm³/mol. The Labute approximate surface area is 95.6 Å². The van der Waals surface area contributed by atoms with Gasteiger partial charge in [0.1, 0.15) is 5.82 Å². The lowest BCUT2D eigenvalue weighted by atomic mass is 10.0. The largest absolute Gasteiger partial charge is 0.317 e. The lowest BCUT2D eigenvalue weighted by Gasteiger charge is -2.15. The first kappa shape index (κ1) is 12.5. The Morgan fingerprint density at radius 2 is 2.20 bits per heavy atom. The summed E-state index contributed by atoms with van der Waals surface area (Å²) in [6.07, 6.45) is 3.07. The van der Waals surface area contributed by atoms with Crippen molar-refractivity contribution >= 4 is 11.6 Å². The summed E-state index contributed by atoms with van der Waals surface area (Å²) in [6, 6.07) is 5.43. The summed E-state index contributed by atoms with van der Waals surface area (Å²) in [5, 5.41) is 3.42. The number of halogens is 2. The van der Waals surface area contributed by atoms with E-state index >= 15 is 0 Å². The molecule has 15 heavy (non-hydrogen) atoms. The second kappa shape index (κ2) is 6.09. The summed E-state index contributed by atoms with van der Waals surface area (Å²) in [5.41, 5.74) is 0.990. The van der Waals surface area contributed by atoms with Crippen LogP contribution in [0.2, 0.25) is 5.02 Å². The zero-order chi connectivity index (χ0) is 11.3. The van der Waals surface area contributed by atoms with Crippen molar-refractivity contribution in [3.63, 3.8) is 0 Å². The molecule has 0 aliphatic rings. The van der Waals surface area contributed by atoms with Crippen LogP contribution in [0.15, 0.2) is 18.2 Å². The van der Waals surface area contributed by atoms with Crippen LogP contribution in [0.25, 0.3) is 0 Å². The Bertz CT molecular complexity index is 314. The van der Waals surface area contributed by atoms with Gasteiger partial charge in [-0.05, 0) is 37.6 Å². The molecule has 0 saturated heterocycles. The van der Waals surface area contributed by atoms with Gasteiger partial charge in [0.05, 0.1) is 5.02 Å². The van der Waals surface area contributed by atoms with Crippen molar-refractivity contribution in [2.75, 3.05) is 7.05 Å². The van der Waals surface area contributed by atoms with Crippen molar-refractivity contribution in [3.05, 3.63) is 34.6 Å². The zero-order valence-electron chi connectivity index (χ0n) is 9.19. The van der Waals surface area contributed by atoms with E-state index in [2.05, 4.69) is 12.2 Å². The van der Waals surface area contributed by atoms with Crippen LogP contribution < -0.4 is 5.32 Å². The lowest BCUT2D eigenvalue weighted by Crippen LogP contribution is -2.27. The summed E-state index contributed by atoms with van der Waals surface area (Å²) in [7, 11) is 1.94. The van der Waals surface area contributed by atoms with E-state index in [0.29, 0.717) is 6.04 Å². The van der Waals surface area contributed by atoms with Crippen molar-refractivity contribution in [2.45, 2.75) is 32.2 Å². The molecule has 3 heteroatoms. The highest BCUT2D eigenvalue weighted by atomic mass is 35.5. The summed E-state index contributed by atoms with van der Waals surface area (Å²) in [5.74, 6) is -0.333. The van der Waals surface area contributed by atoms with Gasteiger partial charge in [0.25, 0.3) is 0 Å². The smallest absolute Gasteiger partial charge is 0.142 e. The average Bonchev–Trinajstić information content (AvgIpc) is 2.23. The lowest BCUT2D eigenvalue weighted by molar-refractivity contribution is 0.512. The SMILES string of the molecule is CCCC(Cc1ccc(Cl)c(F)c1)NC. The third-order valence-corrected chi connectivity index (χ3v) is 2.82. The van der Waals surface area contributed by atoms with Gasteiger partial charge >= 0.3 is 0 Å². The van der Waals surface area contributed by atoms with Crippen LogP contribution in [-0.4, -0.2) is 13.1 Å². The predicted octanol–water partition coefficient (Wildman–Crippen LogP) is 3.41. The van der Waals surface area contributed by atoms with Crippen LogP contribution in [0.4, 0.5) is 4.39 Å². The van der Waals surface area contributed by atoms with Crippen LogP contribution in [0.3, 0.4) is 0 Å². The fourth-order valence-electron chi connectivity index (χ4n) is 1.65. The summed E-state index contributed by atoms with van der Waals surface area (Å²) in [4.78, 5) is 0. The van der Waals surface area contributed by atoms with Crippen LogP contribution in [0, 0.1) is 5.82 Å². The third kappa shape index (κ3) is 3.80. The van der Waals surface area contributed by atoms with E-state index in [-0.39, 0.29) is 10.8 Å². The van der Waals surface area contributed by atoms with Crippen molar-refractivity contribution in [2.24, 2.45) is 0 Å². The standard InChI is InChI=1S/C12H17ClFN/c1-3-4-10(15-2)7-9-5-6-11(13)12(14)8-9/h5-6,8,10,15H,3-4,7H2,1-2H3. The van der Waals surface area contributed by atoms with Gasteiger partial charge in [-0.25, -0.2) is 4.39 Å². The van der Waals surface area contributed by atoms with Gasteiger partial charge in [-0.3, -0.25) is 0 Å². The molecule has 0 spiro atoms. The van der Waals surface area contributed by atoms with E-state index in [1.54, 1.807) is 6.07 Å². The van der Waals surface area contributed by atoms with Gasteiger partial charge < -0.3 is 5.32 Å². The molecule has 1 nitrogen and oxygen atoms in total. The van der Waals surface area contributed by atoms with Gasteiger partial charge in [-0.2, -0.15) is 0 Å². The third-order valence-electron chi connectivity index (χ3n) is 2.51. The Hall–Kier alpha value is -0.600. The molecule has 0 radical (unpaired) electrons. The monoisotopic (exact) mass is 229 g/mol. The van der Waals surface area contributed by atoms with E-state index in [0.717, 1.165) is 24.8 Å². The Balaban J connectivity index is 2.66. The topological polar surface area (TPSA) is 12.0 Å². The first-order chi connectivity index (χ1) is 7.17. The van der Waals surface area contributed by atoms with Crippen molar-refractivity contribution < 1.29 is 4.39 Å². The molecule has 1 N–H and O–H groups in total. The molecule has 84 valence electrons. The fraction of sp³-hybridized carbons (Fsp3) is 0.500. The van der Waals surface area contributed by atoms with Crippen molar-refractivity contribution in [1.82, 2.24) is 5.32 Å². The van der Waals surface area contributed by atoms with Crippen molar-refractivity contribution in [1.29, 1.82) is 0 Å². The highest BCUT2D eigenvalue weighted by Crippen LogP contribution is 2.17. The summed E-state index contributed by atoms with van der Waals surface area (Å²) < 4.78 is 13.2. The number of benzene rings is 1. The van der Waals surface area contributed by atoms with Gasteiger partial charge in [-0.15, -0.1) is 0 Å². The molecule has 1 aromatic rings. The molecule has 0 fully saturated rings. The van der Waals surface area contributed by atoms with Gasteiger partial charge in [-0.1, -0.05) is 31.0 Å². The molecule has 1 rings (SSSR count). The molecule has 1 atom stereocenters. The molecule has 1 aromatic carbocycles. The summed E-state index contributed by atoms with van der Waals surface area (Å²) in [6.45, 7) is 2.15. The average molecular weight is 230 g/mol. The second-order valence-corrected chi connectivity index (χ2v) is 4.13. The maximum absolute atomic E-state index is 13.2. The maximum atomic E-state index is 13.2. The maximum Gasteiger partial charge on any atom is 0.142 e. The molecule has 0 aliphatic carbocycles. The molecule has 0 amide bonds. The van der Waals surface area contributed by atoms with E-state index < -0.39 is 0 Å². The minimum atomic E-state index is -0.333. The van der Waals surface area contributed by atoms with E-state index in [9.17, 15) is 4.39 Å². The number of likely N-dealkylation sites (N-methyl/N-ethyl adjacent to an activating group) is 1. The molecule has 0 aromatic heterocycles. The van der Waals surface area contributed by atoms with Crippen molar-refractivity contribution in [3.8, 4) is 0 Å². The fourth-order valence-corrected chi connectivity index (χ4v) is 1.77. The normalized spacial score (nSPS) is 12.8. The van der Waals surface area contributed by atoms with Gasteiger partial charge in [0.15, 0.2) is 0 Å². The highest BCUT2D eigenvalue weighted by Gasteiger charge is 2.07. The Morgan fingerprint density at radius 3 is 2.73 bits per heavy atom. The first-order valence-electron chi connectivity index (χ1n) is 5.28. The zero-order valence-corrected chi connectivity index (χ0v) is 9.94. The highest BCUT2D eigenvalue weighted by molar-refractivity contribution is 6.30. The molecule has 0 heterocycles. The Kier molecular flexibility index (Phi) is 5.06. The quantitative estimate of drug-likeness (QED) is 0.816. The first-order valence-corrected chi connectivity index (χ1v) is 5.66. The van der Waals surface area contributed by atoms with E-state index in [1.165, 1.54) is 6.07 Å². The molecule has 1 unspecified atom stereocenters.